The minimum atomic E-state index is -0.317. The minimum absolute atomic E-state index is 0.264. The topological polar surface area (TPSA) is 23.8 Å². The Balaban J connectivity index is 1.10. The molecule has 0 aromatic heterocycles. The Morgan fingerprint density at radius 3 is 2.17 bits per heavy atom. The molecule has 0 fully saturated rings. The molecule has 0 N–H and O–H groups in total. The fraction of sp³-hybridized carbons (Fsp3) is 0.258. The number of aryl methyl sites for hydroxylation is 1. The molecular formula is C31H29F2NS. The zero-order valence-electron chi connectivity index (χ0n) is 19.8. The number of benzene rings is 4. The first kappa shape index (κ1) is 24.9. The van der Waals surface area contributed by atoms with Crippen LogP contribution in [0.3, 0.4) is 0 Å². The molecule has 0 amide bonds. The fourth-order valence-corrected chi connectivity index (χ4v) is 5.23. The van der Waals surface area contributed by atoms with Gasteiger partial charge in [-0.2, -0.15) is 5.26 Å². The van der Waals surface area contributed by atoms with Gasteiger partial charge in [0.15, 0.2) is 0 Å². The van der Waals surface area contributed by atoms with Crippen LogP contribution >= 0.6 is 11.8 Å². The van der Waals surface area contributed by atoms with Gasteiger partial charge >= 0.3 is 0 Å². The Morgan fingerprint density at radius 2 is 1.40 bits per heavy atom. The summed E-state index contributed by atoms with van der Waals surface area (Å²) in [6, 6.07) is 25.8. The average Bonchev–Trinajstić information content (AvgIpc) is 2.88. The lowest BCUT2D eigenvalue weighted by atomic mass is 10.0. The second-order valence-corrected chi connectivity index (χ2v) is 10.0. The number of thioether (sulfide) groups is 1. The molecule has 4 heteroatoms. The number of nitrogens with zero attached hydrogens (tertiary/aromatic N) is 1. The summed E-state index contributed by atoms with van der Waals surface area (Å²) < 4.78 is 27.6. The number of hydrogen-bond acceptors (Lipinski definition) is 2. The largest absolute Gasteiger partial charge is 0.207 e. The van der Waals surface area contributed by atoms with Crippen LogP contribution in [0.15, 0.2) is 83.8 Å². The van der Waals surface area contributed by atoms with E-state index in [1.165, 1.54) is 55.2 Å². The highest BCUT2D eigenvalue weighted by molar-refractivity contribution is 7.99. The maximum Gasteiger partial charge on any atom is 0.132 e. The lowest BCUT2D eigenvalue weighted by molar-refractivity contribution is 0.609. The zero-order valence-corrected chi connectivity index (χ0v) is 20.6. The summed E-state index contributed by atoms with van der Waals surface area (Å²) in [6.07, 6.45) is 8.30. The molecule has 0 saturated heterocycles. The Kier molecular flexibility index (Phi) is 8.92. The maximum absolute atomic E-state index is 14.5. The van der Waals surface area contributed by atoms with E-state index in [2.05, 4.69) is 24.3 Å². The molecular weight excluding hydrogens is 456 g/mol. The second-order valence-electron chi connectivity index (χ2n) is 8.88. The van der Waals surface area contributed by atoms with E-state index in [9.17, 15) is 8.78 Å². The van der Waals surface area contributed by atoms with Gasteiger partial charge in [0, 0.05) is 10.5 Å². The third-order valence-corrected chi connectivity index (χ3v) is 7.34. The Labute approximate surface area is 210 Å². The van der Waals surface area contributed by atoms with Gasteiger partial charge in [-0.3, -0.25) is 0 Å². The van der Waals surface area contributed by atoms with Crippen molar-refractivity contribution in [3.8, 4) is 17.2 Å². The average molecular weight is 486 g/mol. The summed E-state index contributed by atoms with van der Waals surface area (Å²) in [5.41, 5.74) is 3.26. The lowest BCUT2D eigenvalue weighted by Gasteiger charge is -2.07. The summed E-state index contributed by atoms with van der Waals surface area (Å²) in [7, 11) is 0. The van der Waals surface area contributed by atoms with E-state index >= 15 is 0 Å². The molecule has 35 heavy (non-hydrogen) atoms. The molecule has 4 aromatic rings. The number of unbranched alkanes of at least 4 members (excludes halogenated alkanes) is 5. The number of hydrogen-bond donors (Lipinski definition) is 0. The highest BCUT2D eigenvalue weighted by atomic mass is 32.2. The third-order valence-electron chi connectivity index (χ3n) is 6.26. The van der Waals surface area contributed by atoms with Crippen LogP contribution in [0.25, 0.3) is 21.9 Å². The normalized spacial score (nSPS) is 11.0. The van der Waals surface area contributed by atoms with Crippen LogP contribution < -0.4 is 0 Å². The molecule has 4 rings (SSSR count). The van der Waals surface area contributed by atoms with Gasteiger partial charge < -0.3 is 0 Å². The van der Waals surface area contributed by atoms with Crippen molar-refractivity contribution < 1.29 is 8.78 Å². The summed E-state index contributed by atoms with van der Waals surface area (Å²) in [6.45, 7) is 0. The van der Waals surface area contributed by atoms with Crippen LogP contribution in [-0.4, -0.2) is 5.75 Å². The summed E-state index contributed by atoms with van der Waals surface area (Å²) in [4.78, 5) is 0.938. The van der Waals surface area contributed by atoms with Crippen LogP contribution in [0.5, 0.6) is 0 Å². The van der Waals surface area contributed by atoms with Gasteiger partial charge in [0.1, 0.15) is 11.6 Å². The summed E-state index contributed by atoms with van der Waals surface area (Å²) in [5, 5.41) is 11.3. The van der Waals surface area contributed by atoms with E-state index in [4.69, 9.17) is 5.26 Å². The first-order chi connectivity index (χ1) is 17.1. The van der Waals surface area contributed by atoms with Crippen molar-refractivity contribution in [2.45, 2.75) is 49.8 Å². The first-order valence-electron chi connectivity index (χ1n) is 12.2. The van der Waals surface area contributed by atoms with Crippen LogP contribution in [-0.2, 0) is 6.42 Å². The predicted octanol–water partition coefficient (Wildman–Crippen LogP) is 9.33. The van der Waals surface area contributed by atoms with Crippen molar-refractivity contribution >= 4 is 22.5 Å². The standard InChI is InChI=1S/C31H29F2NS/c32-28-14-12-25(13-15-28)30-17-16-29(21-31(30)33)35-18-6-4-2-1-3-5-7-23-8-10-27-20-24(22-34)9-11-26(27)19-23/h8-17,19-21H,1-7,18H2. The van der Waals surface area contributed by atoms with Crippen molar-refractivity contribution in [2.75, 3.05) is 5.75 Å². The van der Waals surface area contributed by atoms with Crippen LogP contribution in [0.2, 0.25) is 0 Å². The Morgan fingerprint density at radius 1 is 0.686 bits per heavy atom. The molecule has 0 heterocycles. The maximum atomic E-state index is 14.5. The van der Waals surface area contributed by atoms with Crippen LogP contribution in [0.4, 0.5) is 8.78 Å². The first-order valence-corrected chi connectivity index (χ1v) is 13.2. The van der Waals surface area contributed by atoms with Gasteiger partial charge in [0.25, 0.3) is 0 Å². The molecule has 178 valence electrons. The smallest absolute Gasteiger partial charge is 0.132 e. The van der Waals surface area contributed by atoms with Gasteiger partial charge in [-0.05, 0) is 83.3 Å². The molecule has 4 aromatic carbocycles. The highest BCUT2D eigenvalue weighted by Gasteiger charge is 2.07. The highest BCUT2D eigenvalue weighted by Crippen LogP contribution is 2.28. The van der Waals surface area contributed by atoms with Crippen molar-refractivity contribution in [1.29, 1.82) is 5.26 Å². The monoisotopic (exact) mass is 485 g/mol. The molecule has 0 spiro atoms. The van der Waals surface area contributed by atoms with E-state index < -0.39 is 0 Å². The molecule has 0 aliphatic heterocycles. The van der Waals surface area contributed by atoms with E-state index in [0.717, 1.165) is 28.9 Å². The van der Waals surface area contributed by atoms with E-state index in [-0.39, 0.29) is 11.6 Å². The minimum Gasteiger partial charge on any atom is -0.207 e. The molecule has 0 aliphatic carbocycles. The van der Waals surface area contributed by atoms with Gasteiger partial charge in [-0.1, -0.05) is 68.1 Å². The van der Waals surface area contributed by atoms with Crippen molar-refractivity contribution in [1.82, 2.24) is 0 Å². The van der Waals surface area contributed by atoms with Gasteiger partial charge in [0.05, 0.1) is 11.6 Å². The number of fused-ring (bicyclic) bond motifs is 1. The fourth-order valence-electron chi connectivity index (χ4n) is 4.30. The van der Waals surface area contributed by atoms with Gasteiger partial charge in [-0.15, -0.1) is 11.8 Å². The van der Waals surface area contributed by atoms with E-state index in [0.29, 0.717) is 16.7 Å². The Hall–Kier alpha value is -3.16. The van der Waals surface area contributed by atoms with Gasteiger partial charge in [0.2, 0.25) is 0 Å². The number of halogens is 2. The lowest BCUT2D eigenvalue weighted by Crippen LogP contribution is -1.88. The summed E-state index contributed by atoms with van der Waals surface area (Å²) >= 11 is 1.69. The molecule has 0 atom stereocenters. The summed E-state index contributed by atoms with van der Waals surface area (Å²) in [5.74, 6) is 0.405. The second kappa shape index (κ2) is 12.5. The van der Waals surface area contributed by atoms with E-state index in [1.807, 2.05) is 24.3 Å². The SMILES string of the molecule is N#Cc1ccc2cc(CCCCCCCCSc3ccc(-c4ccc(F)cc4)c(F)c3)ccc2c1. The molecule has 0 aliphatic rings. The molecule has 1 nitrogen and oxygen atoms in total. The Bertz CT molecular complexity index is 1310. The number of nitriles is 1. The van der Waals surface area contributed by atoms with E-state index in [1.54, 1.807) is 36.0 Å². The molecule has 0 saturated carbocycles. The van der Waals surface area contributed by atoms with Crippen LogP contribution in [0.1, 0.15) is 49.7 Å². The third kappa shape index (κ3) is 7.16. The zero-order chi connectivity index (χ0) is 24.5. The van der Waals surface area contributed by atoms with Gasteiger partial charge in [-0.25, -0.2) is 8.78 Å². The molecule has 0 bridgehead atoms. The number of rotatable bonds is 11. The van der Waals surface area contributed by atoms with Crippen molar-refractivity contribution in [2.24, 2.45) is 0 Å². The molecule has 0 unspecified atom stereocenters. The van der Waals surface area contributed by atoms with Crippen LogP contribution in [0, 0.1) is 23.0 Å². The molecule has 0 radical (unpaired) electrons. The quantitative estimate of drug-likeness (QED) is 0.156. The predicted molar refractivity (Wildman–Crippen MR) is 143 cm³/mol. The van der Waals surface area contributed by atoms with Crippen molar-refractivity contribution in [3.63, 3.8) is 0 Å². The van der Waals surface area contributed by atoms with Crippen molar-refractivity contribution in [3.05, 3.63) is 102 Å².